The van der Waals surface area contributed by atoms with Crippen molar-refractivity contribution in [2.45, 2.75) is 19.8 Å². The first kappa shape index (κ1) is 10.6. The second kappa shape index (κ2) is 6.02. The summed E-state index contributed by atoms with van der Waals surface area (Å²) in [5.41, 5.74) is 0. The molecule has 1 radical (unpaired) electrons. The number of carbonyl (C=O) groups is 1. The first-order valence-corrected chi connectivity index (χ1v) is 4.58. The first-order valence-electron chi connectivity index (χ1n) is 4.58. The summed E-state index contributed by atoms with van der Waals surface area (Å²) in [5, 5.41) is 0. The molecule has 3 heteroatoms. The van der Waals surface area contributed by atoms with Crippen LogP contribution in [0.4, 0.5) is 4.79 Å². The summed E-state index contributed by atoms with van der Waals surface area (Å²) in [7, 11) is 0. The van der Waals surface area contributed by atoms with Crippen molar-refractivity contribution in [1.29, 1.82) is 0 Å². The van der Waals surface area contributed by atoms with Crippen molar-refractivity contribution in [2.24, 2.45) is 0 Å². The maximum Gasteiger partial charge on any atom is 0.514 e. The smallest absolute Gasteiger partial charge is 0.427 e. The van der Waals surface area contributed by atoms with Gasteiger partial charge in [0.25, 0.3) is 0 Å². The molecule has 0 fully saturated rings. The molecule has 0 saturated carbocycles. The van der Waals surface area contributed by atoms with Crippen LogP contribution in [0, 0.1) is 6.61 Å². The number of unbranched alkanes of at least 4 members (excludes halogenated alkanes) is 1. The van der Waals surface area contributed by atoms with Gasteiger partial charge in [0.15, 0.2) is 0 Å². The predicted molar refractivity (Wildman–Crippen MR) is 52.8 cm³/mol. The van der Waals surface area contributed by atoms with Crippen molar-refractivity contribution in [1.82, 2.24) is 0 Å². The number of hydrogen-bond acceptors (Lipinski definition) is 3. The highest BCUT2D eigenvalue weighted by Crippen LogP contribution is 2.09. The second-order valence-electron chi connectivity index (χ2n) is 2.74. The van der Waals surface area contributed by atoms with Crippen molar-refractivity contribution in [2.75, 3.05) is 0 Å². The van der Waals surface area contributed by atoms with Crippen LogP contribution in [-0.2, 0) is 4.74 Å². The highest BCUT2D eigenvalue weighted by molar-refractivity contribution is 5.64. The van der Waals surface area contributed by atoms with E-state index in [0.29, 0.717) is 5.75 Å². The molecule has 1 aromatic carbocycles. The average molecular weight is 193 g/mol. The minimum atomic E-state index is -0.690. The van der Waals surface area contributed by atoms with Crippen LogP contribution in [-0.4, -0.2) is 6.16 Å². The molecule has 14 heavy (non-hydrogen) atoms. The Labute approximate surface area is 83.6 Å². The minimum Gasteiger partial charge on any atom is -0.427 e. The molecule has 1 aromatic rings. The number of ether oxygens (including phenoxy) is 2. The average Bonchev–Trinajstić information content (AvgIpc) is 2.20. The van der Waals surface area contributed by atoms with Crippen molar-refractivity contribution in [3.05, 3.63) is 36.9 Å². The summed E-state index contributed by atoms with van der Waals surface area (Å²) in [6.45, 7) is 3.45. The highest BCUT2D eigenvalue weighted by atomic mass is 16.7. The largest absolute Gasteiger partial charge is 0.514 e. The van der Waals surface area contributed by atoms with Gasteiger partial charge in [0.2, 0.25) is 0 Å². The number of para-hydroxylation sites is 1. The van der Waals surface area contributed by atoms with Gasteiger partial charge in [-0.3, -0.25) is 0 Å². The molecular formula is C11H13O3. The van der Waals surface area contributed by atoms with Crippen LogP contribution in [0.25, 0.3) is 0 Å². The normalized spacial score (nSPS) is 9.50. The monoisotopic (exact) mass is 193 g/mol. The standard InChI is InChI=1S/C11H13O3/c1-2-3-9-13-11(12)14-10-7-5-4-6-8-10/h4-9H,2-3H2,1H3. The molecule has 0 unspecified atom stereocenters. The Morgan fingerprint density at radius 3 is 2.71 bits per heavy atom. The molecular weight excluding hydrogens is 180 g/mol. The molecule has 0 N–H and O–H groups in total. The molecule has 75 valence electrons. The van der Waals surface area contributed by atoms with E-state index < -0.39 is 6.16 Å². The van der Waals surface area contributed by atoms with E-state index in [2.05, 4.69) is 0 Å². The zero-order valence-corrected chi connectivity index (χ0v) is 8.10. The van der Waals surface area contributed by atoms with Gasteiger partial charge in [-0.25, -0.2) is 4.79 Å². The highest BCUT2D eigenvalue weighted by Gasteiger charge is 2.04. The second-order valence-corrected chi connectivity index (χ2v) is 2.74. The fourth-order valence-electron chi connectivity index (χ4n) is 0.854. The van der Waals surface area contributed by atoms with Gasteiger partial charge in [-0.15, -0.1) is 0 Å². The minimum absolute atomic E-state index is 0.488. The van der Waals surface area contributed by atoms with Crippen LogP contribution >= 0.6 is 0 Å². The van der Waals surface area contributed by atoms with Crippen molar-refractivity contribution >= 4 is 6.16 Å². The Morgan fingerprint density at radius 1 is 1.36 bits per heavy atom. The van der Waals surface area contributed by atoms with E-state index in [1.54, 1.807) is 24.3 Å². The number of rotatable bonds is 4. The van der Waals surface area contributed by atoms with Gasteiger partial charge in [-0.05, 0) is 18.6 Å². The van der Waals surface area contributed by atoms with Gasteiger partial charge >= 0.3 is 6.16 Å². The number of carbonyl (C=O) groups excluding carboxylic acids is 1. The lowest BCUT2D eigenvalue weighted by molar-refractivity contribution is 0.120. The Morgan fingerprint density at radius 2 is 2.07 bits per heavy atom. The Kier molecular flexibility index (Phi) is 4.55. The van der Waals surface area contributed by atoms with E-state index in [4.69, 9.17) is 9.47 Å². The van der Waals surface area contributed by atoms with Crippen molar-refractivity contribution in [3.63, 3.8) is 0 Å². The van der Waals surface area contributed by atoms with Crippen LogP contribution in [0.1, 0.15) is 19.8 Å². The molecule has 0 aromatic heterocycles. The van der Waals surface area contributed by atoms with Gasteiger partial charge in [-0.1, -0.05) is 31.5 Å². The van der Waals surface area contributed by atoms with Gasteiger partial charge in [-0.2, -0.15) is 0 Å². The molecule has 3 nitrogen and oxygen atoms in total. The third kappa shape index (κ3) is 3.94. The molecule has 1 rings (SSSR count). The summed E-state index contributed by atoms with van der Waals surface area (Å²) in [4.78, 5) is 11.0. The first-order chi connectivity index (χ1) is 6.83. The number of benzene rings is 1. The predicted octanol–water partition coefficient (Wildman–Crippen LogP) is 3.16. The van der Waals surface area contributed by atoms with E-state index in [0.717, 1.165) is 12.8 Å². The molecule has 0 spiro atoms. The van der Waals surface area contributed by atoms with Crippen LogP contribution < -0.4 is 4.74 Å². The SMILES string of the molecule is CCC[CH]OC(=O)Oc1ccccc1. The van der Waals surface area contributed by atoms with Crippen LogP contribution in [0.5, 0.6) is 5.75 Å². The van der Waals surface area contributed by atoms with Crippen LogP contribution in [0.15, 0.2) is 30.3 Å². The molecule has 0 heterocycles. The fourth-order valence-corrected chi connectivity index (χ4v) is 0.854. The van der Waals surface area contributed by atoms with Gasteiger partial charge < -0.3 is 9.47 Å². The zero-order chi connectivity index (χ0) is 10.2. The van der Waals surface area contributed by atoms with Gasteiger partial charge in [0.1, 0.15) is 12.4 Å². The zero-order valence-electron chi connectivity index (χ0n) is 8.10. The molecule has 0 atom stereocenters. The van der Waals surface area contributed by atoms with Crippen molar-refractivity contribution < 1.29 is 14.3 Å². The summed E-state index contributed by atoms with van der Waals surface area (Å²) < 4.78 is 9.57. The number of hydrogen-bond donors (Lipinski definition) is 0. The van der Waals surface area contributed by atoms with Gasteiger partial charge in [0.05, 0.1) is 0 Å². The van der Waals surface area contributed by atoms with E-state index in [1.165, 1.54) is 6.61 Å². The molecule has 0 saturated heterocycles. The van der Waals surface area contributed by atoms with E-state index >= 15 is 0 Å². The van der Waals surface area contributed by atoms with Gasteiger partial charge in [0, 0.05) is 0 Å². The summed E-state index contributed by atoms with van der Waals surface area (Å²) >= 11 is 0. The van der Waals surface area contributed by atoms with Crippen molar-refractivity contribution in [3.8, 4) is 5.75 Å². The lowest BCUT2D eigenvalue weighted by Gasteiger charge is -2.03. The Balaban J connectivity index is 2.27. The molecule has 0 aliphatic carbocycles. The van der Waals surface area contributed by atoms with Crippen LogP contribution in [0.3, 0.4) is 0 Å². The summed E-state index contributed by atoms with van der Waals surface area (Å²) in [6.07, 6.45) is 0.993. The van der Waals surface area contributed by atoms with E-state index in [-0.39, 0.29) is 0 Å². The third-order valence-corrected chi connectivity index (χ3v) is 1.53. The third-order valence-electron chi connectivity index (χ3n) is 1.53. The molecule has 0 aliphatic rings. The topological polar surface area (TPSA) is 35.5 Å². The lowest BCUT2D eigenvalue weighted by Crippen LogP contribution is -2.08. The maximum atomic E-state index is 11.0. The molecule has 0 amide bonds. The van der Waals surface area contributed by atoms with E-state index in [1.807, 2.05) is 13.0 Å². The Hall–Kier alpha value is -1.51. The fraction of sp³-hybridized carbons (Fsp3) is 0.273. The lowest BCUT2D eigenvalue weighted by atomic mass is 10.3. The van der Waals surface area contributed by atoms with E-state index in [9.17, 15) is 4.79 Å². The summed E-state index contributed by atoms with van der Waals surface area (Å²) in [5.74, 6) is 0.488. The maximum absolute atomic E-state index is 11.0. The van der Waals surface area contributed by atoms with Crippen LogP contribution in [0.2, 0.25) is 0 Å². The molecule has 0 bridgehead atoms. The Bertz CT molecular complexity index is 269. The quantitative estimate of drug-likeness (QED) is 0.418. The molecule has 0 aliphatic heterocycles. The summed E-state index contributed by atoms with van der Waals surface area (Å²) in [6, 6.07) is 8.82.